The van der Waals surface area contributed by atoms with Crippen LogP contribution in [0.15, 0.2) is 18.2 Å². The molecule has 4 nitrogen and oxygen atoms in total. The van der Waals surface area contributed by atoms with Crippen LogP contribution in [0.4, 0.5) is 0 Å². The van der Waals surface area contributed by atoms with Gasteiger partial charge in [-0.25, -0.2) is 8.42 Å². The van der Waals surface area contributed by atoms with Gasteiger partial charge in [0, 0.05) is 12.3 Å². The van der Waals surface area contributed by atoms with Gasteiger partial charge in [-0.2, -0.15) is 0 Å². The summed E-state index contributed by atoms with van der Waals surface area (Å²) in [5.41, 5.74) is 6.09. The molecule has 0 aliphatic rings. The van der Waals surface area contributed by atoms with Crippen molar-refractivity contribution in [3.05, 3.63) is 34.9 Å². The first-order valence-electron chi connectivity index (χ1n) is 6.31. The van der Waals surface area contributed by atoms with Gasteiger partial charge >= 0.3 is 0 Å². The first-order chi connectivity index (χ1) is 8.57. The molecule has 5 heteroatoms. The molecule has 0 aliphatic heterocycles. The molecule has 3 N–H and O–H groups in total. The highest BCUT2D eigenvalue weighted by molar-refractivity contribution is 7.92. The quantitative estimate of drug-likeness (QED) is 0.635. The minimum atomic E-state index is -3.20. The Hall–Kier alpha value is -0.910. The van der Waals surface area contributed by atoms with Crippen LogP contribution in [0, 0.1) is 13.8 Å². The summed E-state index contributed by atoms with van der Waals surface area (Å²) in [6.45, 7) is 7.47. The van der Waals surface area contributed by atoms with E-state index in [0.717, 1.165) is 5.56 Å². The maximum Gasteiger partial charge on any atom is 0.154 e. The molecule has 0 spiro atoms. The van der Waals surface area contributed by atoms with Crippen molar-refractivity contribution in [2.75, 3.05) is 6.26 Å². The van der Waals surface area contributed by atoms with Crippen molar-refractivity contribution in [1.29, 1.82) is 0 Å². The molecule has 1 unspecified atom stereocenters. The zero-order valence-electron chi connectivity index (χ0n) is 12.3. The van der Waals surface area contributed by atoms with Crippen LogP contribution in [0.25, 0.3) is 0 Å². The zero-order valence-corrected chi connectivity index (χ0v) is 13.1. The van der Waals surface area contributed by atoms with Gasteiger partial charge in [-0.05, 0) is 39.7 Å². The number of aryl methyl sites for hydroxylation is 2. The third-order valence-corrected chi connectivity index (χ3v) is 5.91. The minimum Gasteiger partial charge on any atom is -0.271 e. The Bertz CT molecular complexity index is 530. The van der Waals surface area contributed by atoms with E-state index in [0.29, 0.717) is 6.42 Å². The van der Waals surface area contributed by atoms with Gasteiger partial charge in [-0.1, -0.05) is 29.3 Å². The van der Waals surface area contributed by atoms with Crippen LogP contribution in [0.5, 0.6) is 0 Å². The van der Waals surface area contributed by atoms with Gasteiger partial charge in [0.2, 0.25) is 0 Å². The van der Waals surface area contributed by atoms with E-state index in [1.54, 1.807) is 13.8 Å². The largest absolute Gasteiger partial charge is 0.271 e. The van der Waals surface area contributed by atoms with E-state index in [-0.39, 0.29) is 6.04 Å². The fraction of sp³-hybridized carbons (Fsp3) is 0.571. The van der Waals surface area contributed by atoms with Gasteiger partial charge in [0.25, 0.3) is 0 Å². The number of hydrazine groups is 1. The van der Waals surface area contributed by atoms with Gasteiger partial charge in [0.15, 0.2) is 9.84 Å². The van der Waals surface area contributed by atoms with Crippen molar-refractivity contribution in [1.82, 2.24) is 5.43 Å². The lowest BCUT2D eigenvalue weighted by atomic mass is 9.94. The molecule has 0 amide bonds. The number of benzene rings is 1. The molecule has 0 fully saturated rings. The molecule has 19 heavy (non-hydrogen) atoms. The van der Waals surface area contributed by atoms with Gasteiger partial charge < -0.3 is 0 Å². The standard InChI is InChI=1S/C14H24N2O2S/c1-10-6-11(2)8-12(7-10)9-13(16-15)14(3,4)19(5,17)18/h6-8,13,16H,9,15H2,1-5H3. The highest BCUT2D eigenvalue weighted by atomic mass is 32.2. The molecule has 1 rings (SSSR count). The molecule has 0 aliphatic carbocycles. The Balaban J connectivity index is 3.07. The summed E-state index contributed by atoms with van der Waals surface area (Å²) in [6, 6.07) is 5.89. The summed E-state index contributed by atoms with van der Waals surface area (Å²) in [7, 11) is -3.20. The SMILES string of the molecule is Cc1cc(C)cc(CC(NN)C(C)(C)S(C)(=O)=O)c1. The number of nitrogens with one attached hydrogen (secondary N) is 1. The lowest BCUT2D eigenvalue weighted by Crippen LogP contribution is -2.55. The molecule has 0 radical (unpaired) electrons. The number of rotatable bonds is 5. The third kappa shape index (κ3) is 3.78. The summed E-state index contributed by atoms with van der Waals surface area (Å²) >= 11 is 0. The van der Waals surface area contributed by atoms with E-state index in [1.165, 1.54) is 17.4 Å². The predicted octanol–water partition coefficient (Wildman–Crippen LogP) is 1.50. The van der Waals surface area contributed by atoms with Crippen LogP contribution in [0.1, 0.15) is 30.5 Å². The topological polar surface area (TPSA) is 72.2 Å². The van der Waals surface area contributed by atoms with E-state index in [1.807, 2.05) is 13.8 Å². The molecule has 0 heterocycles. The second kappa shape index (κ2) is 5.61. The molecule has 1 aromatic rings. The van der Waals surface area contributed by atoms with Crippen molar-refractivity contribution in [2.24, 2.45) is 5.84 Å². The molecule has 108 valence electrons. The van der Waals surface area contributed by atoms with Crippen molar-refractivity contribution in [3.8, 4) is 0 Å². The number of nitrogens with two attached hydrogens (primary N) is 1. The van der Waals surface area contributed by atoms with E-state index < -0.39 is 14.6 Å². The summed E-state index contributed by atoms with van der Waals surface area (Å²) in [5.74, 6) is 5.57. The number of hydrogen-bond acceptors (Lipinski definition) is 4. The molecular formula is C14H24N2O2S. The van der Waals surface area contributed by atoms with Crippen LogP contribution in [-0.4, -0.2) is 25.5 Å². The fourth-order valence-corrected chi connectivity index (χ4v) is 2.85. The highest BCUT2D eigenvalue weighted by Gasteiger charge is 2.38. The Morgan fingerprint density at radius 2 is 1.68 bits per heavy atom. The van der Waals surface area contributed by atoms with Crippen LogP contribution in [0.2, 0.25) is 0 Å². The molecular weight excluding hydrogens is 260 g/mol. The molecule has 0 saturated heterocycles. The van der Waals surface area contributed by atoms with E-state index in [9.17, 15) is 8.42 Å². The molecule has 0 aromatic heterocycles. The minimum absolute atomic E-state index is 0.330. The molecule has 0 bridgehead atoms. The smallest absolute Gasteiger partial charge is 0.154 e. The normalized spacial score (nSPS) is 14.4. The summed E-state index contributed by atoms with van der Waals surface area (Å²) in [6.07, 6.45) is 1.83. The molecule has 1 aromatic carbocycles. The molecule has 1 atom stereocenters. The summed E-state index contributed by atoms with van der Waals surface area (Å²) in [5, 5.41) is 0. The van der Waals surface area contributed by atoms with Gasteiger partial charge in [0.1, 0.15) is 0 Å². The average Bonchev–Trinajstić information content (AvgIpc) is 2.22. The Labute approximate surface area is 116 Å². The number of sulfone groups is 1. The van der Waals surface area contributed by atoms with Gasteiger partial charge in [-0.15, -0.1) is 0 Å². The van der Waals surface area contributed by atoms with Crippen molar-refractivity contribution >= 4 is 9.84 Å². The second-order valence-electron chi connectivity index (χ2n) is 5.79. The zero-order chi connectivity index (χ0) is 14.8. The second-order valence-corrected chi connectivity index (χ2v) is 8.39. The number of hydrogen-bond donors (Lipinski definition) is 2. The van der Waals surface area contributed by atoms with E-state index in [2.05, 4.69) is 23.6 Å². The summed E-state index contributed by atoms with van der Waals surface area (Å²) < 4.78 is 22.8. The van der Waals surface area contributed by atoms with Crippen LogP contribution in [-0.2, 0) is 16.3 Å². The summed E-state index contributed by atoms with van der Waals surface area (Å²) in [4.78, 5) is 0. The van der Waals surface area contributed by atoms with Crippen LogP contribution < -0.4 is 11.3 Å². The van der Waals surface area contributed by atoms with Crippen molar-refractivity contribution < 1.29 is 8.42 Å². The Morgan fingerprint density at radius 1 is 1.21 bits per heavy atom. The first-order valence-corrected chi connectivity index (χ1v) is 8.20. The fourth-order valence-electron chi connectivity index (χ4n) is 2.19. The first kappa shape index (κ1) is 16.1. The predicted molar refractivity (Wildman–Crippen MR) is 79.7 cm³/mol. The van der Waals surface area contributed by atoms with Crippen LogP contribution >= 0.6 is 0 Å². The van der Waals surface area contributed by atoms with Gasteiger partial charge in [-0.3, -0.25) is 11.3 Å². The van der Waals surface area contributed by atoms with Crippen molar-refractivity contribution in [2.45, 2.75) is 44.9 Å². The monoisotopic (exact) mass is 284 g/mol. The third-order valence-electron chi connectivity index (χ3n) is 3.72. The van der Waals surface area contributed by atoms with Gasteiger partial charge in [0.05, 0.1) is 4.75 Å². The highest BCUT2D eigenvalue weighted by Crippen LogP contribution is 2.23. The van der Waals surface area contributed by atoms with E-state index in [4.69, 9.17) is 5.84 Å². The lowest BCUT2D eigenvalue weighted by Gasteiger charge is -2.32. The molecule has 0 saturated carbocycles. The maximum absolute atomic E-state index is 11.9. The van der Waals surface area contributed by atoms with E-state index >= 15 is 0 Å². The lowest BCUT2D eigenvalue weighted by molar-refractivity contribution is 0.413. The Kier molecular flexibility index (Phi) is 4.76. The van der Waals surface area contributed by atoms with Crippen LogP contribution in [0.3, 0.4) is 0 Å². The van der Waals surface area contributed by atoms with Crippen molar-refractivity contribution in [3.63, 3.8) is 0 Å². The maximum atomic E-state index is 11.9. The Morgan fingerprint density at radius 3 is 2.05 bits per heavy atom. The average molecular weight is 284 g/mol.